The van der Waals surface area contributed by atoms with Crippen molar-refractivity contribution in [1.29, 1.82) is 0 Å². The number of methoxy groups -OCH3 is 1. The fourth-order valence-corrected chi connectivity index (χ4v) is 3.08. The normalized spacial score (nSPS) is 16.5. The molecule has 136 valence electrons. The van der Waals surface area contributed by atoms with Gasteiger partial charge in [-0.1, -0.05) is 38.1 Å². The van der Waals surface area contributed by atoms with Crippen molar-refractivity contribution in [3.8, 4) is 0 Å². The van der Waals surface area contributed by atoms with Crippen LogP contribution in [-0.4, -0.2) is 38.3 Å². The number of rotatable bonds is 7. The lowest BCUT2D eigenvalue weighted by molar-refractivity contribution is -0.146. The zero-order valence-electron chi connectivity index (χ0n) is 15.1. The smallest absolute Gasteiger partial charge is 0.252 e. The number of ether oxygens (including phenoxy) is 1. The van der Waals surface area contributed by atoms with E-state index < -0.39 is 5.60 Å². The summed E-state index contributed by atoms with van der Waals surface area (Å²) in [5.74, 6) is 0.607. The van der Waals surface area contributed by atoms with Crippen LogP contribution in [-0.2, 0) is 16.0 Å². The molecule has 1 amide bonds. The first kappa shape index (κ1) is 20.9. The van der Waals surface area contributed by atoms with E-state index in [2.05, 4.69) is 48.7 Å². The van der Waals surface area contributed by atoms with Gasteiger partial charge in [0.1, 0.15) is 5.60 Å². The number of amides is 1. The average Bonchev–Trinajstić information content (AvgIpc) is 2.59. The summed E-state index contributed by atoms with van der Waals surface area (Å²) in [5, 5.41) is 6.32. The lowest BCUT2D eigenvalue weighted by atomic mass is 9.91. The van der Waals surface area contributed by atoms with E-state index in [0.29, 0.717) is 12.5 Å². The maximum atomic E-state index is 12.4. The maximum absolute atomic E-state index is 12.4. The lowest BCUT2D eigenvalue weighted by Crippen LogP contribution is -2.54. The summed E-state index contributed by atoms with van der Waals surface area (Å²) < 4.78 is 5.54. The van der Waals surface area contributed by atoms with Gasteiger partial charge in [0.05, 0.1) is 0 Å². The Bertz CT molecular complexity index is 497. The molecule has 0 unspecified atom stereocenters. The maximum Gasteiger partial charge on any atom is 0.252 e. The molecule has 0 saturated carbocycles. The van der Waals surface area contributed by atoms with E-state index in [-0.39, 0.29) is 18.3 Å². The van der Waals surface area contributed by atoms with Crippen molar-refractivity contribution < 1.29 is 9.53 Å². The van der Waals surface area contributed by atoms with Gasteiger partial charge < -0.3 is 15.4 Å². The third kappa shape index (κ3) is 5.47. The summed E-state index contributed by atoms with van der Waals surface area (Å²) in [6.07, 6.45) is 3.42. The largest absolute Gasteiger partial charge is 0.368 e. The van der Waals surface area contributed by atoms with Gasteiger partial charge in [0.25, 0.3) is 5.91 Å². The van der Waals surface area contributed by atoms with E-state index in [1.807, 2.05) is 0 Å². The standard InChI is InChI=1S/C19H30N2O2.ClH/c1-15(2)17-8-6-16(7-9-17)5-4-12-21-18(22)19(23-3)10-13-20-14-11-19;/h6-9,15,20H,4-5,10-14H2,1-3H3,(H,21,22);1H. The number of hydrogen-bond acceptors (Lipinski definition) is 3. The number of hydrogen-bond donors (Lipinski definition) is 2. The monoisotopic (exact) mass is 354 g/mol. The highest BCUT2D eigenvalue weighted by atomic mass is 35.5. The van der Waals surface area contributed by atoms with Crippen LogP contribution < -0.4 is 10.6 Å². The predicted molar refractivity (Wildman–Crippen MR) is 101 cm³/mol. The molecule has 0 spiro atoms. The average molecular weight is 355 g/mol. The number of halogens is 1. The topological polar surface area (TPSA) is 50.4 Å². The van der Waals surface area contributed by atoms with E-state index in [4.69, 9.17) is 4.74 Å². The molecule has 1 aliphatic heterocycles. The Morgan fingerprint density at radius 2 is 1.88 bits per heavy atom. The van der Waals surface area contributed by atoms with Crippen molar-refractivity contribution in [2.75, 3.05) is 26.7 Å². The summed E-state index contributed by atoms with van der Waals surface area (Å²) in [7, 11) is 1.64. The molecule has 2 N–H and O–H groups in total. The van der Waals surface area contributed by atoms with Gasteiger partial charge in [-0.15, -0.1) is 12.4 Å². The SMILES string of the molecule is COC1(C(=O)NCCCc2ccc(C(C)C)cc2)CCNCC1.Cl. The molecule has 0 aliphatic carbocycles. The fraction of sp³-hybridized carbons (Fsp3) is 0.632. The number of piperidine rings is 1. The number of carbonyl (C=O) groups is 1. The van der Waals surface area contributed by atoms with Crippen LogP contribution in [0.25, 0.3) is 0 Å². The second kappa shape index (κ2) is 10.0. The van der Waals surface area contributed by atoms with Crippen molar-refractivity contribution in [2.45, 2.75) is 51.0 Å². The second-order valence-electron chi connectivity index (χ2n) is 6.70. The van der Waals surface area contributed by atoms with Crippen LogP contribution in [0.3, 0.4) is 0 Å². The van der Waals surface area contributed by atoms with Crippen molar-refractivity contribution in [1.82, 2.24) is 10.6 Å². The van der Waals surface area contributed by atoms with E-state index in [9.17, 15) is 4.79 Å². The van der Waals surface area contributed by atoms with Crippen molar-refractivity contribution >= 4 is 18.3 Å². The highest BCUT2D eigenvalue weighted by molar-refractivity contribution is 5.85. The molecule has 1 saturated heterocycles. The van der Waals surface area contributed by atoms with Crippen molar-refractivity contribution in [3.05, 3.63) is 35.4 Å². The van der Waals surface area contributed by atoms with Crippen molar-refractivity contribution in [3.63, 3.8) is 0 Å². The molecule has 0 atom stereocenters. The molecular formula is C19H31ClN2O2. The highest BCUT2D eigenvalue weighted by Gasteiger charge is 2.39. The predicted octanol–water partition coefficient (Wildman–Crippen LogP) is 3.05. The van der Waals surface area contributed by atoms with Gasteiger partial charge in [0, 0.05) is 13.7 Å². The van der Waals surface area contributed by atoms with Gasteiger partial charge >= 0.3 is 0 Å². The molecule has 5 heteroatoms. The Balaban J connectivity index is 0.00000288. The molecule has 1 aliphatic rings. The minimum absolute atomic E-state index is 0. The molecule has 1 fully saturated rings. The third-order valence-corrected chi connectivity index (χ3v) is 4.79. The summed E-state index contributed by atoms with van der Waals surface area (Å²) in [5.41, 5.74) is 2.06. The van der Waals surface area contributed by atoms with E-state index >= 15 is 0 Å². The van der Waals surface area contributed by atoms with Crippen molar-refractivity contribution in [2.24, 2.45) is 0 Å². The Kier molecular flexibility index (Phi) is 8.74. The minimum Gasteiger partial charge on any atom is -0.368 e. The van der Waals surface area contributed by atoms with Crippen LogP contribution in [0.4, 0.5) is 0 Å². The fourth-order valence-electron chi connectivity index (χ4n) is 3.08. The number of carbonyl (C=O) groups excluding carboxylic acids is 1. The van der Waals surface area contributed by atoms with E-state index in [0.717, 1.165) is 38.8 Å². The van der Waals surface area contributed by atoms with Gasteiger partial charge in [-0.25, -0.2) is 0 Å². The zero-order chi connectivity index (χ0) is 16.7. The third-order valence-electron chi connectivity index (χ3n) is 4.79. The van der Waals surface area contributed by atoms with Crippen LogP contribution in [0.15, 0.2) is 24.3 Å². The summed E-state index contributed by atoms with van der Waals surface area (Å²) in [6, 6.07) is 8.79. The van der Waals surface area contributed by atoms with E-state index in [1.54, 1.807) is 7.11 Å². The molecule has 1 aromatic carbocycles. The Morgan fingerprint density at radius 1 is 1.25 bits per heavy atom. The lowest BCUT2D eigenvalue weighted by Gasteiger charge is -2.34. The first-order valence-corrected chi connectivity index (χ1v) is 8.70. The number of aryl methyl sites for hydroxylation is 1. The highest BCUT2D eigenvalue weighted by Crippen LogP contribution is 2.22. The van der Waals surface area contributed by atoms with Gasteiger partial charge in [0.15, 0.2) is 0 Å². The number of benzene rings is 1. The van der Waals surface area contributed by atoms with Crippen LogP contribution in [0, 0.1) is 0 Å². The molecule has 4 nitrogen and oxygen atoms in total. The van der Waals surface area contributed by atoms with Crippen LogP contribution >= 0.6 is 12.4 Å². The molecule has 0 radical (unpaired) electrons. The van der Waals surface area contributed by atoms with E-state index in [1.165, 1.54) is 11.1 Å². The Morgan fingerprint density at radius 3 is 2.42 bits per heavy atom. The van der Waals surface area contributed by atoms with Crippen LogP contribution in [0.1, 0.15) is 50.2 Å². The summed E-state index contributed by atoms with van der Waals surface area (Å²) >= 11 is 0. The summed E-state index contributed by atoms with van der Waals surface area (Å²) in [6.45, 7) is 6.78. The van der Waals surface area contributed by atoms with Crippen LogP contribution in [0.5, 0.6) is 0 Å². The molecular weight excluding hydrogens is 324 g/mol. The van der Waals surface area contributed by atoms with Gasteiger partial charge in [-0.3, -0.25) is 4.79 Å². The van der Waals surface area contributed by atoms with Gasteiger partial charge in [-0.2, -0.15) is 0 Å². The number of nitrogens with one attached hydrogen (secondary N) is 2. The Labute approximate surface area is 152 Å². The van der Waals surface area contributed by atoms with Gasteiger partial charge in [-0.05, 0) is 55.8 Å². The van der Waals surface area contributed by atoms with Crippen LogP contribution in [0.2, 0.25) is 0 Å². The van der Waals surface area contributed by atoms with Gasteiger partial charge in [0.2, 0.25) is 0 Å². The zero-order valence-corrected chi connectivity index (χ0v) is 15.9. The first-order chi connectivity index (χ1) is 11.1. The molecule has 2 rings (SSSR count). The molecule has 1 heterocycles. The quantitative estimate of drug-likeness (QED) is 0.740. The Hall–Kier alpha value is -1.10. The molecule has 0 aromatic heterocycles. The second-order valence-corrected chi connectivity index (χ2v) is 6.70. The minimum atomic E-state index is -0.635. The summed E-state index contributed by atoms with van der Waals surface area (Å²) in [4.78, 5) is 12.4. The molecule has 24 heavy (non-hydrogen) atoms. The first-order valence-electron chi connectivity index (χ1n) is 8.70. The molecule has 1 aromatic rings. The molecule has 0 bridgehead atoms.